The lowest BCUT2D eigenvalue weighted by atomic mass is 10.1. The van der Waals surface area contributed by atoms with Crippen molar-refractivity contribution in [2.24, 2.45) is 0 Å². The molecule has 0 aromatic heterocycles. The summed E-state index contributed by atoms with van der Waals surface area (Å²) >= 11 is 0. The number of carbonyl (C=O) groups is 2. The summed E-state index contributed by atoms with van der Waals surface area (Å²) in [4.78, 5) is 27.3. The predicted octanol–water partition coefficient (Wildman–Crippen LogP) is 3.71. The molecular weight excluding hydrogens is 371 g/mol. The molecule has 0 aliphatic rings. The number of rotatable bonds is 7. The van der Waals surface area contributed by atoms with E-state index in [9.17, 15) is 14.0 Å². The minimum atomic E-state index is -0.663. The molecular formula is C23H29FN2O3. The number of carbonyl (C=O) groups excluding carboxylic acids is 2. The zero-order valence-corrected chi connectivity index (χ0v) is 17.7. The third kappa shape index (κ3) is 6.89. The first-order valence-electron chi connectivity index (χ1n) is 9.58. The average molecular weight is 400 g/mol. The van der Waals surface area contributed by atoms with Crippen LogP contribution in [0, 0.1) is 5.82 Å². The summed E-state index contributed by atoms with van der Waals surface area (Å²) in [6.45, 7) is 7.68. The summed E-state index contributed by atoms with van der Waals surface area (Å²) in [5.41, 5.74) is 1.17. The number of amides is 2. The van der Waals surface area contributed by atoms with E-state index in [1.165, 1.54) is 12.1 Å². The smallest absolute Gasteiger partial charge is 0.242 e. The van der Waals surface area contributed by atoms with Gasteiger partial charge >= 0.3 is 0 Å². The third-order valence-electron chi connectivity index (χ3n) is 4.45. The minimum absolute atomic E-state index is 0.0869. The Morgan fingerprint density at radius 2 is 1.59 bits per heavy atom. The molecule has 0 fully saturated rings. The number of ether oxygens (including phenoxy) is 1. The summed E-state index contributed by atoms with van der Waals surface area (Å²) in [5.74, 6) is -0.0619. The molecule has 2 aromatic rings. The summed E-state index contributed by atoms with van der Waals surface area (Å²) in [7, 11) is 1.59. The maximum Gasteiger partial charge on any atom is 0.242 e. The molecule has 156 valence electrons. The number of benzene rings is 2. The molecule has 1 N–H and O–H groups in total. The van der Waals surface area contributed by atoms with E-state index in [2.05, 4.69) is 5.32 Å². The first kappa shape index (κ1) is 22.4. The Balaban J connectivity index is 2.23. The third-order valence-corrected chi connectivity index (χ3v) is 4.45. The molecule has 0 radical (unpaired) electrons. The van der Waals surface area contributed by atoms with Crippen LogP contribution < -0.4 is 10.1 Å². The van der Waals surface area contributed by atoms with Gasteiger partial charge in [-0.05, 0) is 63.1 Å². The lowest BCUT2D eigenvalue weighted by molar-refractivity contribution is -0.140. The topological polar surface area (TPSA) is 58.6 Å². The molecule has 2 amide bonds. The van der Waals surface area contributed by atoms with Gasteiger partial charge < -0.3 is 15.0 Å². The Bertz CT molecular complexity index is 827. The van der Waals surface area contributed by atoms with Gasteiger partial charge in [0.2, 0.25) is 11.8 Å². The van der Waals surface area contributed by atoms with Gasteiger partial charge in [0.25, 0.3) is 0 Å². The van der Waals surface area contributed by atoms with Crippen molar-refractivity contribution >= 4 is 11.8 Å². The molecule has 1 unspecified atom stereocenters. The number of hydrogen-bond donors (Lipinski definition) is 1. The summed E-state index contributed by atoms with van der Waals surface area (Å²) in [6, 6.07) is 12.5. The van der Waals surface area contributed by atoms with Crippen LogP contribution in [0.25, 0.3) is 0 Å². The van der Waals surface area contributed by atoms with Gasteiger partial charge in [-0.15, -0.1) is 0 Å². The predicted molar refractivity (Wildman–Crippen MR) is 111 cm³/mol. The maximum absolute atomic E-state index is 13.2. The van der Waals surface area contributed by atoms with Gasteiger partial charge in [0.05, 0.1) is 13.5 Å². The molecule has 1 atom stereocenters. The van der Waals surface area contributed by atoms with Gasteiger partial charge in [-0.25, -0.2) is 4.39 Å². The molecule has 0 spiro atoms. The lowest BCUT2D eigenvalue weighted by Gasteiger charge is -2.31. The van der Waals surface area contributed by atoms with Crippen LogP contribution in [0.1, 0.15) is 38.8 Å². The maximum atomic E-state index is 13.2. The van der Waals surface area contributed by atoms with Crippen molar-refractivity contribution in [3.8, 4) is 5.75 Å². The molecule has 0 aliphatic carbocycles. The fraction of sp³-hybridized carbons (Fsp3) is 0.391. The Labute approximate surface area is 171 Å². The molecule has 2 aromatic carbocycles. The number of methoxy groups -OCH3 is 1. The van der Waals surface area contributed by atoms with E-state index in [1.54, 1.807) is 31.1 Å². The average Bonchev–Trinajstić information content (AvgIpc) is 2.66. The van der Waals surface area contributed by atoms with Crippen molar-refractivity contribution in [2.75, 3.05) is 7.11 Å². The number of nitrogens with zero attached hydrogens (tertiary/aromatic N) is 1. The SMILES string of the molecule is COc1ccc(CN(C(=O)Cc2ccc(F)cc2)C(C)C(=O)NC(C)(C)C)cc1. The van der Waals surface area contributed by atoms with Crippen LogP contribution in [-0.4, -0.2) is 35.4 Å². The molecule has 0 saturated heterocycles. The van der Waals surface area contributed by atoms with E-state index in [0.717, 1.165) is 11.3 Å². The van der Waals surface area contributed by atoms with Crippen LogP contribution in [0.5, 0.6) is 5.75 Å². The molecule has 6 heteroatoms. The highest BCUT2D eigenvalue weighted by Gasteiger charge is 2.28. The first-order valence-corrected chi connectivity index (χ1v) is 9.58. The van der Waals surface area contributed by atoms with Crippen LogP contribution in [0.3, 0.4) is 0 Å². The molecule has 2 rings (SSSR count). The van der Waals surface area contributed by atoms with Gasteiger partial charge in [0.1, 0.15) is 17.6 Å². The molecule has 29 heavy (non-hydrogen) atoms. The molecule has 0 saturated carbocycles. The van der Waals surface area contributed by atoms with Gasteiger partial charge in [0, 0.05) is 12.1 Å². The highest BCUT2D eigenvalue weighted by Crippen LogP contribution is 2.17. The van der Waals surface area contributed by atoms with E-state index >= 15 is 0 Å². The zero-order chi connectivity index (χ0) is 21.6. The van der Waals surface area contributed by atoms with Crippen LogP contribution in [0.4, 0.5) is 4.39 Å². The van der Waals surface area contributed by atoms with Crippen LogP contribution in [-0.2, 0) is 22.6 Å². The van der Waals surface area contributed by atoms with E-state index in [4.69, 9.17) is 4.74 Å². The van der Waals surface area contributed by atoms with Crippen LogP contribution >= 0.6 is 0 Å². The van der Waals surface area contributed by atoms with Crippen molar-refractivity contribution in [1.29, 1.82) is 0 Å². The van der Waals surface area contributed by atoms with Gasteiger partial charge in [-0.2, -0.15) is 0 Å². The molecule has 0 aliphatic heterocycles. The first-order chi connectivity index (χ1) is 13.6. The number of nitrogens with one attached hydrogen (secondary N) is 1. The Morgan fingerprint density at radius 1 is 1.03 bits per heavy atom. The van der Waals surface area contributed by atoms with Crippen molar-refractivity contribution in [1.82, 2.24) is 10.2 Å². The van der Waals surface area contributed by atoms with E-state index in [1.807, 2.05) is 45.0 Å². The standard InChI is InChI=1S/C23H29FN2O3/c1-16(22(28)25-23(2,3)4)26(15-18-8-12-20(29-5)13-9-18)21(27)14-17-6-10-19(24)11-7-17/h6-13,16H,14-15H2,1-5H3,(H,25,28). The lowest BCUT2D eigenvalue weighted by Crippen LogP contribution is -2.52. The van der Waals surface area contributed by atoms with Gasteiger partial charge in [0.15, 0.2) is 0 Å². The minimum Gasteiger partial charge on any atom is -0.497 e. The van der Waals surface area contributed by atoms with Crippen molar-refractivity contribution in [3.63, 3.8) is 0 Å². The molecule has 0 heterocycles. The second-order valence-corrected chi connectivity index (χ2v) is 8.09. The second-order valence-electron chi connectivity index (χ2n) is 8.09. The van der Waals surface area contributed by atoms with Crippen molar-refractivity contribution in [3.05, 3.63) is 65.5 Å². The Morgan fingerprint density at radius 3 is 2.10 bits per heavy atom. The van der Waals surface area contributed by atoms with Crippen molar-refractivity contribution < 1.29 is 18.7 Å². The number of hydrogen-bond acceptors (Lipinski definition) is 3. The highest BCUT2D eigenvalue weighted by atomic mass is 19.1. The Kier molecular flexibility index (Phi) is 7.37. The van der Waals surface area contributed by atoms with E-state index in [-0.39, 0.29) is 30.6 Å². The van der Waals surface area contributed by atoms with Crippen LogP contribution in [0.2, 0.25) is 0 Å². The van der Waals surface area contributed by atoms with Crippen molar-refractivity contribution in [2.45, 2.75) is 52.2 Å². The monoisotopic (exact) mass is 400 g/mol. The second kappa shape index (κ2) is 9.54. The van der Waals surface area contributed by atoms with Gasteiger partial charge in [-0.3, -0.25) is 9.59 Å². The fourth-order valence-electron chi connectivity index (χ4n) is 2.86. The fourth-order valence-corrected chi connectivity index (χ4v) is 2.86. The van der Waals surface area contributed by atoms with Gasteiger partial charge in [-0.1, -0.05) is 24.3 Å². The van der Waals surface area contributed by atoms with E-state index in [0.29, 0.717) is 5.56 Å². The number of halogens is 1. The zero-order valence-electron chi connectivity index (χ0n) is 17.7. The largest absolute Gasteiger partial charge is 0.497 e. The summed E-state index contributed by atoms with van der Waals surface area (Å²) < 4.78 is 18.3. The van der Waals surface area contributed by atoms with E-state index < -0.39 is 11.6 Å². The Hall–Kier alpha value is -2.89. The van der Waals surface area contributed by atoms with Crippen LogP contribution in [0.15, 0.2) is 48.5 Å². The molecule has 5 nitrogen and oxygen atoms in total. The quantitative estimate of drug-likeness (QED) is 0.771. The highest BCUT2D eigenvalue weighted by molar-refractivity contribution is 5.88. The molecule has 0 bridgehead atoms. The normalized spacial score (nSPS) is 12.2. The summed E-state index contributed by atoms with van der Waals surface area (Å²) in [6.07, 6.45) is 0.0869. The summed E-state index contributed by atoms with van der Waals surface area (Å²) in [5, 5.41) is 2.93.